The maximum atomic E-state index is 10.1. The molecular weight excluding hydrogens is 152 g/mol. The molecule has 0 saturated carbocycles. The molecule has 0 heterocycles. The number of rotatable bonds is 4. The number of hydrogen-bond acceptors (Lipinski definition) is 3. The molecule has 12 heavy (non-hydrogen) atoms. The van der Waals surface area contributed by atoms with E-state index in [0.29, 0.717) is 12.2 Å². The van der Waals surface area contributed by atoms with Crippen LogP contribution in [0.25, 0.3) is 0 Å². The van der Waals surface area contributed by atoms with Crippen LogP contribution >= 0.6 is 0 Å². The summed E-state index contributed by atoms with van der Waals surface area (Å²) in [5.74, 6) is 0. The van der Waals surface area contributed by atoms with Gasteiger partial charge in [0.2, 0.25) is 0 Å². The molecule has 0 atom stereocenters. The maximum Gasteiger partial charge on any atom is 0.108 e. The van der Waals surface area contributed by atoms with Crippen LogP contribution in [0.15, 0.2) is 29.4 Å². The van der Waals surface area contributed by atoms with E-state index in [0.717, 1.165) is 12.8 Å². The first-order chi connectivity index (χ1) is 5.86. The minimum absolute atomic E-state index is 0.478. The number of nitroso groups, excluding NO2 is 1. The molecule has 0 aliphatic carbocycles. The van der Waals surface area contributed by atoms with Crippen molar-refractivity contribution in [2.75, 3.05) is 6.54 Å². The highest BCUT2D eigenvalue weighted by molar-refractivity contribution is 5.38. The molecule has 0 bridgehead atoms. The number of aryl methyl sites for hydroxylation is 1. The molecule has 0 unspecified atom stereocenters. The highest BCUT2D eigenvalue weighted by atomic mass is 16.3. The second-order valence-corrected chi connectivity index (χ2v) is 2.65. The lowest BCUT2D eigenvalue weighted by molar-refractivity contribution is 0.833. The molecule has 1 rings (SSSR count). The van der Waals surface area contributed by atoms with Gasteiger partial charge in [0.1, 0.15) is 5.69 Å². The van der Waals surface area contributed by atoms with Crippen molar-refractivity contribution in [1.82, 2.24) is 0 Å². The van der Waals surface area contributed by atoms with Crippen molar-refractivity contribution in [2.24, 2.45) is 10.9 Å². The van der Waals surface area contributed by atoms with Crippen LogP contribution in [0.1, 0.15) is 12.0 Å². The Hall–Kier alpha value is -1.22. The molecule has 64 valence electrons. The maximum absolute atomic E-state index is 10.1. The summed E-state index contributed by atoms with van der Waals surface area (Å²) in [6.07, 6.45) is 1.95. The summed E-state index contributed by atoms with van der Waals surface area (Å²) in [6.45, 7) is 0.702. The fourth-order valence-electron chi connectivity index (χ4n) is 1.03. The molecule has 1 aromatic carbocycles. The molecule has 0 fully saturated rings. The van der Waals surface area contributed by atoms with Gasteiger partial charge in [0.05, 0.1) is 0 Å². The Bertz CT molecular complexity index is 243. The first kappa shape index (κ1) is 8.87. The number of benzene rings is 1. The summed E-state index contributed by atoms with van der Waals surface area (Å²) in [5, 5.41) is 2.82. The van der Waals surface area contributed by atoms with Gasteiger partial charge in [-0.25, -0.2) is 0 Å². The molecule has 0 aromatic heterocycles. The van der Waals surface area contributed by atoms with Crippen LogP contribution in [0, 0.1) is 4.91 Å². The van der Waals surface area contributed by atoms with Gasteiger partial charge in [-0.15, -0.1) is 4.91 Å². The summed E-state index contributed by atoms with van der Waals surface area (Å²) < 4.78 is 0. The van der Waals surface area contributed by atoms with E-state index >= 15 is 0 Å². The smallest absolute Gasteiger partial charge is 0.108 e. The van der Waals surface area contributed by atoms with Gasteiger partial charge < -0.3 is 5.73 Å². The molecule has 0 amide bonds. The molecule has 3 heteroatoms. The SMILES string of the molecule is NCCCc1ccc(N=O)cc1. The summed E-state index contributed by atoms with van der Waals surface area (Å²) in [6, 6.07) is 7.26. The predicted octanol–water partition coefficient (Wildman–Crippen LogP) is 1.98. The summed E-state index contributed by atoms with van der Waals surface area (Å²) in [4.78, 5) is 10.1. The highest BCUT2D eigenvalue weighted by Crippen LogP contribution is 2.12. The average Bonchev–Trinajstić information content (AvgIpc) is 2.15. The van der Waals surface area contributed by atoms with E-state index in [1.165, 1.54) is 5.56 Å². The lowest BCUT2D eigenvalue weighted by Gasteiger charge is -1.98. The van der Waals surface area contributed by atoms with E-state index in [1.807, 2.05) is 12.1 Å². The number of hydrogen-bond donors (Lipinski definition) is 1. The minimum atomic E-state index is 0.478. The Morgan fingerprint density at radius 1 is 1.25 bits per heavy atom. The Kier molecular flexibility index (Phi) is 3.41. The van der Waals surface area contributed by atoms with Crippen molar-refractivity contribution in [3.8, 4) is 0 Å². The van der Waals surface area contributed by atoms with Crippen molar-refractivity contribution in [3.05, 3.63) is 34.7 Å². The van der Waals surface area contributed by atoms with Crippen molar-refractivity contribution < 1.29 is 0 Å². The molecule has 0 aliphatic heterocycles. The molecule has 0 saturated heterocycles. The Balaban J connectivity index is 2.58. The van der Waals surface area contributed by atoms with Gasteiger partial charge in [-0.2, -0.15) is 0 Å². The van der Waals surface area contributed by atoms with Gasteiger partial charge in [-0.05, 0) is 42.3 Å². The van der Waals surface area contributed by atoms with Crippen LogP contribution in [0.3, 0.4) is 0 Å². The molecule has 1 aromatic rings. The van der Waals surface area contributed by atoms with E-state index in [-0.39, 0.29) is 0 Å². The monoisotopic (exact) mass is 164 g/mol. The third kappa shape index (κ3) is 2.43. The fourth-order valence-corrected chi connectivity index (χ4v) is 1.03. The number of nitrogens with two attached hydrogens (primary N) is 1. The Labute approximate surface area is 71.6 Å². The van der Waals surface area contributed by atoms with Gasteiger partial charge in [0.15, 0.2) is 0 Å². The topological polar surface area (TPSA) is 55.4 Å². The predicted molar refractivity (Wildman–Crippen MR) is 49.3 cm³/mol. The van der Waals surface area contributed by atoms with Gasteiger partial charge in [0, 0.05) is 0 Å². The fraction of sp³-hybridized carbons (Fsp3) is 0.333. The molecule has 0 spiro atoms. The van der Waals surface area contributed by atoms with Crippen LogP contribution < -0.4 is 5.73 Å². The first-order valence-corrected chi connectivity index (χ1v) is 3.99. The largest absolute Gasteiger partial charge is 0.330 e. The zero-order valence-corrected chi connectivity index (χ0v) is 6.86. The highest BCUT2D eigenvalue weighted by Gasteiger charge is 1.93. The van der Waals surface area contributed by atoms with Gasteiger partial charge in [-0.1, -0.05) is 12.1 Å². The van der Waals surface area contributed by atoms with Crippen LogP contribution in [-0.4, -0.2) is 6.54 Å². The lowest BCUT2D eigenvalue weighted by atomic mass is 10.1. The normalized spacial score (nSPS) is 9.75. The third-order valence-electron chi connectivity index (χ3n) is 1.71. The van der Waals surface area contributed by atoms with Crippen molar-refractivity contribution in [1.29, 1.82) is 0 Å². The second kappa shape index (κ2) is 4.62. The van der Waals surface area contributed by atoms with Crippen molar-refractivity contribution in [3.63, 3.8) is 0 Å². The van der Waals surface area contributed by atoms with E-state index < -0.39 is 0 Å². The quantitative estimate of drug-likeness (QED) is 0.692. The van der Waals surface area contributed by atoms with Gasteiger partial charge in [-0.3, -0.25) is 0 Å². The second-order valence-electron chi connectivity index (χ2n) is 2.65. The van der Waals surface area contributed by atoms with E-state index in [4.69, 9.17) is 5.73 Å². The van der Waals surface area contributed by atoms with Crippen molar-refractivity contribution >= 4 is 5.69 Å². The van der Waals surface area contributed by atoms with E-state index in [9.17, 15) is 4.91 Å². The van der Waals surface area contributed by atoms with E-state index in [1.54, 1.807) is 12.1 Å². The van der Waals surface area contributed by atoms with Gasteiger partial charge >= 0.3 is 0 Å². The third-order valence-corrected chi connectivity index (χ3v) is 1.71. The van der Waals surface area contributed by atoms with E-state index in [2.05, 4.69) is 5.18 Å². The molecule has 3 nitrogen and oxygen atoms in total. The van der Waals surface area contributed by atoms with Crippen molar-refractivity contribution in [2.45, 2.75) is 12.8 Å². The van der Waals surface area contributed by atoms with Crippen LogP contribution in [0.2, 0.25) is 0 Å². The summed E-state index contributed by atoms with van der Waals surface area (Å²) in [5.41, 5.74) is 7.04. The molecule has 0 aliphatic rings. The first-order valence-electron chi connectivity index (χ1n) is 3.99. The molecule has 2 N–H and O–H groups in total. The standard InChI is InChI=1S/C9H12N2O/c10-7-1-2-8-3-5-9(11-12)6-4-8/h3-6H,1-2,7,10H2. The molecular formula is C9H12N2O. The molecule has 0 radical (unpaired) electrons. The zero-order valence-electron chi connectivity index (χ0n) is 6.86. The van der Waals surface area contributed by atoms with Crippen LogP contribution in [0.4, 0.5) is 5.69 Å². The average molecular weight is 164 g/mol. The summed E-state index contributed by atoms with van der Waals surface area (Å²) >= 11 is 0. The summed E-state index contributed by atoms with van der Waals surface area (Å²) in [7, 11) is 0. The van der Waals surface area contributed by atoms with Gasteiger partial charge in [0.25, 0.3) is 0 Å². The van der Waals surface area contributed by atoms with Crippen LogP contribution in [0.5, 0.6) is 0 Å². The zero-order chi connectivity index (χ0) is 8.81. The minimum Gasteiger partial charge on any atom is -0.330 e. The van der Waals surface area contributed by atoms with Crippen LogP contribution in [-0.2, 0) is 6.42 Å². The number of nitrogens with zero attached hydrogens (tertiary/aromatic N) is 1. The lowest BCUT2D eigenvalue weighted by Crippen LogP contribution is -1.99. The Morgan fingerprint density at radius 3 is 2.42 bits per heavy atom. The Morgan fingerprint density at radius 2 is 1.92 bits per heavy atom.